The molecule has 0 fully saturated rings. The first-order valence-corrected chi connectivity index (χ1v) is 18.1. The lowest BCUT2D eigenvalue weighted by Gasteiger charge is -2.50. The van der Waals surface area contributed by atoms with Gasteiger partial charge in [-0.15, -0.1) is 0 Å². The fraction of sp³-hybridized carbons (Fsp3) is 0.0816. The Hall–Kier alpha value is -6.65. The maximum atomic E-state index is 6.78. The monoisotopic (exact) mass is 681 g/mol. The molecule has 0 radical (unpaired) electrons. The number of aromatic nitrogens is 3. The van der Waals surface area contributed by atoms with E-state index in [0.717, 1.165) is 50.4 Å². The summed E-state index contributed by atoms with van der Waals surface area (Å²) >= 11 is 0. The molecule has 0 saturated carbocycles. The van der Waals surface area contributed by atoms with Crippen LogP contribution in [0.25, 0.3) is 45.3 Å². The molecule has 252 valence electrons. The van der Waals surface area contributed by atoms with Crippen molar-refractivity contribution in [3.8, 4) is 56.8 Å². The molecule has 2 heterocycles. The predicted octanol–water partition coefficient (Wildman–Crippen LogP) is 11.7. The molecule has 10 rings (SSSR count). The van der Waals surface area contributed by atoms with Crippen LogP contribution in [-0.2, 0) is 10.8 Å². The number of nitrogens with zero attached hydrogens (tertiary/aromatic N) is 3. The van der Waals surface area contributed by atoms with Crippen molar-refractivity contribution in [2.75, 3.05) is 0 Å². The van der Waals surface area contributed by atoms with Crippen LogP contribution in [0.2, 0.25) is 0 Å². The van der Waals surface area contributed by atoms with Gasteiger partial charge in [0.2, 0.25) is 0 Å². The molecule has 0 N–H and O–H groups in total. The van der Waals surface area contributed by atoms with E-state index in [4.69, 9.17) is 19.7 Å². The predicted molar refractivity (Wildman–Crippen MR) is 212 cm³/mol. The number of ether oxygens (including phenoxy) is 1. The number of para-hydroxylation sites is 1. The summed E-state index contributed by atoms with van der Waals surface area (Å²) in [4.78, 5) is 15.6. The topological polar surface area (TPSA) is 47.9 Å². The van der Waals surface area contributed by atoms with Gasteiger partial charge in [-0.3, -0.25) is 0 Å². The smallest absolute Gasteiger partial charge is 0.164 e. The molecule has 7 aromatic carbocycles. The van der Waals surface area contributed by atoms with Gasteiger partial charge in [0.15, 0.2) is 17.5 Å². The average molecular weight is 682 g/mol. The van der Waals surface area contributed by atoms with Crippen molar-refractivity contribution in [3.63, 3.8) is 0 Å². The van der Waals surface area contributed by atoms with Crippen molar-refractivity contribution in [2.24, 2.45) is 0 Å². The molecular weight excluding hydrogens is 647 g/mol. The zero-order valence-corrected chi connectivity index (χ0v) is 29.5. The Morgan fingerprint density at radius 1 is 0.358 bits per heavy atom. The van der Waals surface area contributed by atoms with E-state index in [1.165, 1.54) is 22.3 Å². The summed E-state index contributed by atoms with van der Waals surface area (Å²) in [6, 6.07) is 61.7. The Labute approximate surface area is 309 Å². The summed E-state index contributed by atoms with van der Waals surface area (Å²) in [6.07, 6.45) is 0. The van der Waals surface area contributed by atoms with Crippen LogP contribution in [-0.4, -0.2) is 15.0 Å². The third-order valence-electron chi connectivity index (χ3n) is 11.1. The van der Waals surface area contributed by atoms with Gasteiger partial charge in [-0.2, -0.15) is 0 Å². The van der Waals surface area contributed by atoms with E-state index in [0.29, 0.717) is 17.5 Å². The Bertz CT molecular complexity index is 2630. The van der Waals surface area contributed by atoms with Gasteiger partial charge < -0.3 is 4.74 Å². The quantitative estimate of drug-likeness (QED) is 0.185. The van der Waals surface area contributed by atoms with E-state index < -0.39 is 5.41 Å². The van der Waals surface area contributed by atoms with Crippen molar-refractivity contribution >= 4 is 0 Å². The second-order valence-electron chi connectivity index (χ2n) is 14.4. The standard InChI is InChI=1S/C49H35N3O/c1-48(2)37-23-11-13-25-39(37)49(40-26-14-12-24-38(40)48)41-27-15-16-28-43(41)53-44-30-29-34(31-42(44)49)46-50-45(33-19-7-4-8-20-33)51-47(52-46)36-22-10-9-21-35(36)32-17-5-3-6-18-32/h3-31H,1-2H3. The number of hydrogen-bond donors (Lipinski definition) is 0. The van der Waals surface area contributed by atoms with Gasteiger partial charge in [0.25, 0.3) is 0 Å². The van der Waals surface area contributed by atoms with Gasteiger partial charge in [-0.1, -0.05) is 166 Å². The minimum absolute atomic E-state index is 0.205. The lowest BCUT2D eigenvalue weighted by Crippen LogP contribution is -2.43. The van der Waals surface area contributed by atoms with Crippen LogP contribution in [0.5, 0.6) is 11.5 Å². The van der Waals surface area contributed by atoms with Crippen LogP contribution < -0.4 is 4.74 Å². The highest BCUT2D eigenvalue weighted by molar-refractivity contribution is 5.82. The summed E-state index contributed by atoms with van der Waals surface area (Å²) in [7, 11) is 0. The first-order valence-electron chi connectivity index (χ1n) is 18.1. The molecule has 4 heteroatoms. The fourth-order valence-electron chi connectivity index (χ4n) is 8.65. The van der Waals surface area contributed by atoms with Crippen LogP contribution in [0.1, 0.15) is 47.2 Å². The second kappa shape index (κ2) is 12.0. The fourth-order valence-corrected chi connectivity index (χ4v) is 8.65. The Balaban J connectivity index is 1.25. The molecule has 1 aliphatic carbocycles. The second-order valence-corrected chi connectivity index (χ2v) is 14.4. The Morgan fingerprint density at radius 3 is 1.49 bits per heavy atom. The molecule has 2 aliphatic rings. The van der Waals surface area contributed by atoms with Gasteiger partial charge in [0.1, 0.15) is 11.5 Å². The summed E-state index contributed by atoms with van der Waals surface area (Å²) in [6.45, 7) is 4.68. The molecule has 1 spiro atoms. The molecule has 1 aromatic heterocycles. The zero-order chi connectivity index (χ0) is 35.6. The van der Waals surface area contributed by atoms with E-state index in [9.17, 15) is 0 Å². The normalized spacial score (nSPS) is 14.3. The Morgan fingerprint density at radius 2 is 0.830 bits per heavy atom. The maximum Gasteiger partial charge on any atom is 0.164 e. The van der Waals surface area contributed by atoms with E-state index >= 15 is 0 Å². The SMILES string of the molecule is CC1(C)c2ccccc2C2(c3ccccc3Oc3ccc(-c4nc(-c5ccccc5)nc(-c5ccccc5-c5ccccc5)n4)cc32)c2ccccc21. The van der Waals surface area contributed by atoms with Crippen molar-refractivity contribution < 1.29 is 4.74 Å². The zero-order valence-electron chi connectivity index (χ0n) is 29.5. The van der Waals surface area contributed by atoms with Crippen LogP contribution in [0, 0.1) is 0 Å². The minimum atomic E-state index is -0.638. The molecule has 0 amide bonds. The highest BCUT2D eigenvalue weighted by atomic mass is 16.5. The minimum Gasteiger partial charge on any atom is -0.457 e. The molecule has 1 aliphatic heterocycles. The largest absolute Gasteiger partial charge is 0.457 e. The molecule has 8 aromatic rings. The summed E-state index contributed by atoms with van der Waals surface area (Å²) < 4.78 is 6.78. The third-order valence-corrected chi connectivity index (χ3v) is 11.1. The van der Waals surface area contributed by atoms with Crippen molar-refractivity contribution in [1.29, 1.82) is 0 Å². The number of hydrogen-bond acceptors (Lipinski definition) is 4. The van der Waals surface area contributed by atoms with Crippen LogP contribution in [0.4, 0.5) is 0 Å². The summed E-state index contributed by atoms with van der Waals surface area (Å²) in [5, 5.41) is 0. The van der Waals surface area contributed by atoms with Gasteiger partial charge in [0.05, 0.1) is 5.41 Å². The third kappa shape index (κ3) is 4.72. The molecule has 0 bridgehead atoms. The number of fused-ring (bicyclic) bond motifs is 8. The first kappa shape index (κ1) is 31.1. The van der Waals surface area contributed by atoms with Gasteiger partial charge in [-0.05, 0) is 57.6 Å². The van der Waals surface area contributed by atoms with E-state index in [2.05, 4.69) is 159 Å². The van der Waals surface area contributed by atoms with Gasteiger partial charge >= 0.3 is 0 Å². The number of rotatable bonds is 4. The van der Waals surface area contributed by atoms with E-state index in [-0.39, 0.29) is 5.41 Å². The van der Waals surface area contributed by atoms with Crippen LogP contribution >= 0.6 is 0 Å². The summed E-state index contributed by atoms with van der Waals surface area (Å²) in [5.41, 5.74) is 11.4. The van der Waals surface area contributed by atoms with Gasteiger partial charge in [0, 0.05) is 33.2 Å². The average Bonchev–Trinajstić information content (AvgIpc) is 3.23. The first-order chi connectivity index (χ1) is 26.0. The lowest BCUT2D eigenvalue weighted by atomic mass is 9.53. The van der Waals surface area contributed by atoms with Gasteiger partial charge in [-0.25, -0.2) is 15.0 Å². The maximum absolute atomic E-state index is 6.78. The van der Waals surface area contributed by atoms with Crippen LogP contribution in [0.3, 0.4) is 0 Å². The van der Waals surface area contributed by atoms with Crippen molar-refractivity contribution in [1.82, 2.24) is 15.0 Å². The molecule has 0 unspecified atom stereocenters. The van der Waals surface area contributed by atoms with Crippen LogP contribution in [0.15, 0.2) is 176 Å². The van der Waals surface area contributed by atoms with E-state index in [1.807, 2.05) is 30.3 Å². The lowest BCUT2D eigenvalue weighted by molar-refractivity contribution is 0.425. The summed E-state index contributed by atoms with van der Waals surface area (Å²) in [5.74, 6) is 3.54. The highest BCUT2D eigenvalue weighted by Gasteiger charge is 2.52. The highest BCUT2D eigenvalue weighted by Crippen LogP contribution is 2.61. The molecule has 4 nitrogen and oxygen atoms in total. The van der Waals surface area contributed by atoms with E-state index in [1.54, 1.807) is 0 Å². The molecule has 0 atom stereocenters. The van der Waals surface area contributed by atoms with Crippen molar-refractivity contribution in [3.05, 3.63) is 209 Å². The Kier molecular flexibility index (Phi) is 7.02. The molecular formula is C49H35N3O. The number of benzene rings is 7. The molecule has 0 saturated heterocycles. The van der Waals surface area contributed by atoms with Crippen molar-refractivity contribution in [2.45, 2.75) is 24.7 Å². The molecule has 53 heavy (non-hydrogen) atoms.